The number of hydrazine groups is 1. The maximum absolute atomic E-state index is 12.9. The molecule has 1 heterocycles. The van der Waals surface area contributed by atoms with Gasteiger partial charge in [0.05, 0.1) is 0 Å². The van der Waals surface area contributed by atoms with Gasteiger partial charge >= 0.3 is 5.91 Å². The lowest BCUT2D eigenvalue weighted by molar-refractivity contribution is 0.0922. The van der Waals surface area contributed by atoms with Gasteiger partial charge in [0.2, 0.25) is 0 Å². The van der Waals surface area contributed by atoms with Gasteiger partial charge in [0.15, 0.2) is 17.4 Å². The van der Waals surface area contributed by atoms with Crippen molar-refractivity contribution in [3.63, 3.8) is 0 Å². The number of nitrogen functional groups attached to an aromatic ring is 1. The van der Waals surface area contributed by atoms with E-state index >= 15 is 0 Å². The summed E-state index contributed by atoms with van der Waals surface area (Å²) in [6.07, 6.45) is 0. The van der Waals surface area contributed by atoms with Crippen molar-refractivity contribution in [2.45, 2.75) is 6.61 Å². The van der Waals surface area contributed by atoms with Crippen molar-refractivity contribution in [2.75, 3.05) is 0 Å². The normalized spacial score (nSPS) is 10.3. The highest BCUT2D eigenvalue weighted by atomic mass is 19.2. The molecule has 19 heavy (non-hydrogen) atoms. The molecule has 1 aromatic heterocycles. The van der Waals surface area contributed by atoms with Crippen LogP contribution in [0.2, 0.25) is 0 Å². The maximum atomic E-state index is 12.9. The number of ether oxygens (including phenoxy) is 1. The van der Waals surface area contributed by atoms with Crippen LogP contribution in [0.15, 0.2) is 34.7 Å². The number of rotatable bonds is 4. The van der Waals surface area contributed by atoms with Gasteiger partial charge in [-0.3, -0.25) is 10.2 Å². The summed E-state index contributed by atoms with van der Waals surface area (Å²) < 4.78 is 35.9. The van der Waals surface area contributed by atoms with Crippen LogP contribution in [0.5, 0.6) is 5.75 Å². The number of nitrogens with two attached hydrogens (primary N) is 1. The second kappa shape index (κ2) is 5.49. The number of carbonyl (C=O) groups is 1. The number of carbonyl (C=O) groups excluding carboxylic acids is 1. The molecule has 0 aliphatic carbocycles. The molecule has 0 fully saturated rings. The molecule has 0 aliphatic rings. The number of nitrogens with one attached hydrogen (secondary N) is 1. The third kappa shape index (κ3) is 3.08. The van der Waals surface area contributed by atoms with Crippen LogP contribution >= 0.6 is 0 Å². The predicted octanol–water partition coefficient (Wildman–Crippen LogP) is 1.74. The van der Waals surface area contributed by atoms with E-state index in [0.717, 1.165) is 12.1 Å². The van der Waals surface area contributed by atoms with Crippen molar-refractivity contribution < 1.29 is 22.7 Å². The third-order valence-corrected chi connectivity index (χ3v) is 2.29. The Hall–Kier alpha value is -2.41. The minimum Gasteiger partial charge on any atom is -0.486 e. The van der Waals surface area contributed by atoms with Gasteiger partial charge in [0.1, 0.15) is 18.1 Å². The number of furan rings is 1. The standard InChI is InChI=1S/C12H10F2N2O3/c13-9-3-1-7(5-10(9)14)18-6-8-2-4-11(19-8)12(17)16-15/h1-5H,6,15H2,(H,16,17). The third-order valence-electron chi connectivity index (χ3n) is 2.29. The fourth-order valence-electron chi connectivity index (χ4n) is 1.37. The molecular weight excluding hydrogens is 258 g/mol. The first-order chi connectivity index (χ1) is 9.10. The summed E-state index contributed by atoms with van der Waals surface area (Å²) in [4.78, 5) is 11.1. The van der Waals surface area contributed by atoms with Gasteiger partial charge < -0.3 is 9.15 Å². The first-order valence-corrected chi connectivity index (χ1v) is 5.27. The van der Waals surface area contributed by atoms with Gasteiger partial charge in [-0.2, -0.15) is 0 Å². The van der Waals surface area contributed by atoms with E-state index in [1.807, 2.05) is 5.43 Å². The van der Waals surface area contributed by atoms with Crippen LogP contribution in [0.4, 0.5) is 8.78 Å². The van der Waals surface area contributed by atoms with E-state index in [0.29, 0.717) is 5.76 Å². The molecule has 2 rings (SSSR count). The topological polar surface area (TPSA) is 77.5 Å². The Balaban J connectivity index is 2.00. The smallest absolute Gasteiger partial charge is 0.300 e. The number of amides is 1. The summed E-state index contributed by atoms with van der Waals surface area (Å²) in [5.41, 5.74) is 1.92. The molecule has 0 bridgehead atoms. The lowest BCUT2D eigenvalue weighted by Crippen LogP contribution is -2.29. The molecule has 5 nitrogen and oxygen atoms in total. The molecule has 1 amide bonds. The van der Waals surface area contributed by atoms with Gasteiger partial charge in [-0.15, -0.1) is 0 Å². The maximum Gasteiger partial charge on any atom is 0.300 e. The number of benzene rings is 1. The van der Waals surface area contributed by atoms with Gasteiger partial charge in [0, 0.05) is 6.07 Å². The summed E-state index contributed by atoms with van der Waals surface area (Å²) in [7, 11) is 0. The second-order valence-corrected chi connectivity index (χ2v) is 3.60. The van der Waals surface area contributed by atoms with E-state index in [9.17, 15) is 13.6 Å². The molecule has 0 atom stereocenters. The average molecular weight is 268 g/mol. The van der Waals surface area contributed by atoms with E-state index in [2.05, 4.69) is 0 Å². The molecule has 0 unspecified atom stereocenters. The van der Waals surface area contributed by atoms with Crippen LogP contribution in [0.3, 0.4) is 0 Å². The summed E-state index contributed by atoms with van der Waals surface area (Å²) >= 11 is 0. The summed E-state index contributed by atoms with van der Waals surface area (Å²) in [6.45, 7) is -0.0249. The van der Waals surface area contributed by atoms with Crippen molar-refractivity contribution in [1.29, 1.82) is 0 Å². The summed E-state index contributed by atoms with van der Waals surface area (Å²) in [5, 5.41) is 0. The molecule has 100 valence electrons. The molecule has 3 N–H and O–H groups in total. The monoisotopic (exact) mass is 268 g/mol. The molecule has 0 saturated heterocycles. The minimum absolute atomic E-state index is 0.0249. The van der Waals surface area contributed by atoms with Gasteiger partial charge in [-0.25, -0.2) is 14.6 Å². The van der Waals surface area contributed by atoms with Crippen molar-refractivity contribution in [1.82, 2.24) is 5.43 Å². The number of halogens is 2. The van der Waals surface area contributed by atoms with Crippen LogP contribution in [-0.2, 0) is 6.61 Å². The van der Waals surface area contributed by atoms with Crippen molar-refractivity contribution in [3.8, 4) is 5.75 Å². The zero-order valence-electron chi connectivity index (χ0n) is 9.65. The molecule has 2 aromatic rings. The molecule has 7 heteroatoms. The van der Waals surface area contributed by atoms with E-state index in [-0.39, 0.29) is 18.1 Å². The Morgan fingerprint density at radius 3 is 2.74 bits per heavy atom. The first kappa shape index (κ1) is 13.0. The second-order valence-electron chi connectivity index (χ2n) is 3.60. The Morgan fingerprint density at radius 2 is 2.05 bits per heavy atom. The lowest BCUT2D eigenvalue weighted by atomic mass is 10.3. The van der Waals surface area contributed by atoms with Crippen molar-refractivity contribution in [3.05, 3.63) is 53.5 Å². The van der Waals surface area contributed by atoms with Gasteiger partial charge in [-0.05, 0) is 24.3 Å². The van der Waals surface area contributed by atoms with Crippen LogP contribution in [0.25, 0.3) is 0 Å². The van der Waals surface area contributed by atoms with Crippen molar-refractivity contribution >= 4 is 5.91 Å². The van der Waals surface area contributed by atoms with E-state index < -0.39 is 17.5 Å². The SMILES string of the molecule is NNC(=O)c1ccc(COc2ccc(F)c(F)c2)o1. The predicted molar refractivity (Wildman–Crippen MR) is 61.1 cm³/mol. The molecular formula is C12H10F2N2O3. The summed E-state index contributed by atoms with van der Waals surface area (Å²) in [5.74, 6) is 2.96. The van der Waals surface area contributed by atoms with Crippen LogP contribution < -0.4 is 16.0 Å². The fraction of sp³-hybridized carbons (Fsp3) is 0.0833. The average Bonchev–Trinajstić information content (AvgIpc) is 2.88. The van der Waals surface area contributed by atoms with Crippen molar-refractivity contribution in [2.24, 2.45) is 5.84 Å². The quantitative estimate of drug-likeness (QED) is 0.503. The number of hydrogen-bond acceptors (Lipinski definition) is 4. The lowest BCUT2D eigenvalue weighted by Gasteiger charge is -2.04. The van der Waals surface area contributed by atoms with E-state index in [4.69, 9.17) is 15.0 Å². The van der Waals surface area contributed by atoms with E-state index in [1.165, 1.54) is 18.2 Å². The Bertz CT molecular complexity index is 598. The highest BCUT2D eigenvalue weighted by Gasteiger charge is 2.10. The zero-order chi connectivity index (χ0) is 13.8. The van der Waals surface area contributed by atoms with Crippen LogP contribution in [0, 0.1) is 11.6 Å². The Morgan fingerprint density at radius 1 is 1.26 bits per heavy atom. The summed E-state index contributed by atoms with van der Waals surface area (Å²) in [6, 6.07) is 6.11. The molecule has 0 radical (unpaired) electrons. The minimum atomic E-state index is -1.000. The largest absolute Gasteiger partial charge is 0.486 e. The van der Waals surface area contributed by atoms with Crippen LogP contribution in [0.1, 0.15) is 16.3 Å². The van der Waals surface area contributed by atoms with Gasteiger partial charge in [0.25, 0.3) is 0 Å². The molecule has 0 aliphatic heterocycles. The molecule has 1 aromatic carbocycles. The van der Waals surface area contributed by atoms with E-state index in [1.54, 1.807) is 0 Å². The van der Waals surface area contributed by atoms with Crippen LogP contribution in [-0.4, -0.2) is 5.91 Å². The zero-order valence-corrected chi connectivity index (χ0v) is 9.65. The Labute approximate surface area is 106 Å². The fourth-order valence-corrected chi connectivity index (χ4v) is 1.37. The molecule has 0 spiro atoms. The number of hydrogen-bond donors (Lipinski definition) is 2. The van der Waals surface area contributed by atoms with Gasteiger partial charge in [-0.1, -0.05) is 0 Å². The first-order valence-electron chi connectivity index (χ1n) is 5.27. The highest BCUT2D eigenvalue weighted by molar-refractivity contribution is 5.90. The molecule has 0 saturated carbocycles. The Kier molecular flexibility index (Phi) is 3.76. The highest BCUT2D eigenvalue weighted by Crippen LogP contribution is 2.17.